The van der Waals surface area contributed by atoms with Gasteiger partial charge >= 0.3 is 0 Å². The molecule has 0 fully saturated rings. The minimum Gasteiger partial charge on any atom is -0.488 e. The van der Waals surface area contributed by atoms with E-state index in [2.05, 4.69) is 37.9 Å². The monoisotopic (exact) mass is 389 g/mol. The van der Waals surface area contributed by atoms with E-state index in [0.29, 0.717) is 6.61 Å². The zero-order valence-corrected chi connectivity index (χ0v) is 13.8. The zero-order chi connectivity index (χ0) is 13.1. The maximum Gasteiger partial charge on any atom is 0.124 e. The minimum atomic E-state index is -0.0485. The SMILES string of the molecule is C[C@@H](N)c1cc(Br)ccc1OCc1cc(Br)cs1. The van der Waals surface area contributed by atoms with E-state index < -0.39 is 0 Å². The highest BCUT2D eigenvalue weighted by Gasteiger charge is 2.09. The van der Waals surface area contributed by atoms with Crippen molar-refractivity contribution in [1.29, 1.82) is 0 Å². The van der Waals surface area contributed by atoms with Gasteiger partial charge in [0.2, 0.25) is 0 Å². The average molecular weight is 391 g/mol. The predicted octanol–water partition coefficient (Wildman–Crippen LogP) is 4.87. The van der Waals surface area contributed by atoms with Crippen molar-refractivity contribution in [2.24, 2.45) is 5.73 Å². The lowest BCUT2D eigenvalue weighted by atomic mass is 10.1. The fraction of sp³-hybridized carbons (Fsp3) is 0.231. The third-order valence-corrected chi connectivity index (χ3v) is 4.62. The fourth-order valence-corrected chi connectivity index (χ4v) is 3.33. The van der Waals surface area contributed by atoms with Crippen LogP contribution in [-0.2, 0) is 6.61 Å². The smallest absolute Gasteiger partial charge is 0.124 e. The molecule has 2 nitrogen and oxygen atoms in total. The van der Waals surface area contributed by atoms with E-state index in [1.807, 2.05) is 30.5 Å². The van der Waals surface area contributed by atoms with Crippen molar-refractivity contribution in [3.63, 3.8) is 0 Å². The summed E-state index contributed by atoms with van der Waals surface area (Å²) in [5.74, 6) is 0.845. The molecule has 0 amide bonds. The Labute approximate surface area is 127 Å². The summed E-state index contributed by atoms with van der Waals surface area (Å²) in [6, 6.07) is 7.93. The molecule has 0 saturated carbocycles. The van der Waals surface area contributed by atoms with Gasteiger partial charge in [-0.2, -0.15) is 0 Å². The molecule has 0 aliphatic carbocycles. The second-order valence-electron chi connectivity index (χ2n) is 3.99. The summed E-state index contributed by atoms with van der Waals surface area (Å²) >= 11 is 8.56. The summed E-state index contributed by atoms with van der Waals surface area (Å²) in [7, 11) is 0. The van der Waals surface area contributed by atoms with Crippen molar-refractivity contribution < 1.29 is 4.74 Å². The van der Waals surface area contributed by atoms with Gasteiger partial charge in [-0.15, -0.1) is 11.3 Å². The Kier molecular flexibility index (Phi) is 4.84. The Hall–Kier alpha value is -0.360. The van der Waals surface area contributed by atoms with Crippen molar-refractivity contribution in [3.8, 4) is 5.75 Å². The number of benzene rings is 1. The molecule has 0 radical (unpaired) electrons. The number of nitrogens with two attached hydrogens (primary N) is 1. The van der Waals surface area contributed by atoms with Gasteiger partial charge in [0.25, 0.3) is 0 Å². The first-order valence-electron chi connectivity index (χ1n) is 5.47. The number of rotatable bonds is 4. The van der Waals surface area contributed by atoms with Gasteiger partial charge in [-0.1, -0.05) is 15.9 Å². The molecule has 2 rings (SSSR count). The Morgan fingerprint density at radius 1 is 1.28 bits per heavy atom. The minimum absolute atomic E-state index is 0.0485. The van der Waals surface area contributed by atoms with Crippen molar-refractivity contribution in [2.45, 2.75) is 19.6 Å². The first-order chi connectivity index (χ1) is 8.56. The molecule has 2 N–H and O–H groups in total. The molecular weight excluding hydrogens is 378 g/mol. The van der Waals surface area contributed by atoms with Crippen LogP contribution in [-0.4, -0.2) is 0 Å². The molecule has 1 aromatic carbocycles. The molecule has 0 aliphatic heterocycles. The van der Waals surface area contributed by atoms with Gasteiger partial charge in [0.1, 0.15) is 12.4 Å². The molecule has 0 saturated heterocycles. The summed E-state index contributed by atoms with van der Waals surface area (Å²) < 4.78 is 7.95. The maximum atomic E-state index is 5.95. The van der Waals surface area contributed by atoms with Gasteiger partial charge < -0.3 is 10.5 Å². The van der Waals surface area contributed by atoms with E-state index in [9.17, 15) is 0 Å². The Morgan fingerprint density at radius 3 is 2.67 bits per heavy atom. The Bertz CT molecular complexity index is 540. The first kappa shape index (κ1) is 14.1. The number of ether oxygens (including phenoxy) is 1. The summed E-state index contributed by atoms with van der Waals surface area (Å²) in [6.45, 7) is 2.52. The average Bonchev–Trinajstić information content (AvgIpc) is 2.73. The van der Waals surface area contributed by atoms with Crippen molar-refractivity contribution >= 4 is 43.2 Å². The van der Waals surface area contributed by atoms with E-state index in [-0.39, 0.29) is 6.04 Å². The Morgan fingerprint density at radius 2 is 2.06 bits per heavy atom. The van der Waals surface area contributed by atoms with Crippen molar-refractivity contribution in [2.75, 3.05) is 0 Å². The molecule has 96 valence electrons. The van der Waals surface area contributed by atoms with Crippen LogP contribution in [0.5, 0.6) is 5.75 Å². The fourth-order valence-electron chi connectivity index (χ4n) is 1.58. The van der Waals surface area contributed by atoms with E-state index in [4.69, 9.17) is 10.5 Å². The second kappa shape index (κ2) is 6.19. The summed E-state index contributed by atoms with van der Waals surface area (Å²) in [6.07, 6.45) is 0. The quantitative estimate of drug-likeness (QED) is 0.807. The van der Waals surface area contributed by atoms with Crippen molar-refractivity contribution in [1.82, 2.24) is 0 Å². The number of thiophene rings is 1. The largest absolute Gasteiger partial charge is 0.488 e. The first-order valence-corrected chi connectivity index (χ1v) is 7.93. The van der Waals surface area contributed by atoms with E-state index in [0.717, 1.165) is 20.3 Å². The standard InChI is InChI=1S/C13H13Br2NOS/c1-8(16)12-5-9(14)2-3-13(12)17-6-11-4-10(15)7-18-11/h2-5,7-8H,6,16H2,1H3/t8-/m1/s1. The highest BCUT2D eigenvalue weighted by molar-refractivity contribution is 9.10. The van der Waals surface area contributed by atoms with Gasteiger partial charge in [0.15, 0.2) is 0 Å². The van der Waals surface area contributed by atoms with Gasteiger partial charge in [-0.3, -0.25) is 0 Å². The van der Waals surface area contributed by atoms with Gasteiger partial charge in [0, 0.05) is 30.8 Å². The molecular formula is C13H13Br2NOS. The zero-order valence-electron chi connectivity index (χ0n) is 9.82. The van der Waals surface area contributed by atoms with Gasteiger partial charge in [-0.05, 0) is 47.1 Å². The summed E-state index contributed by atoms with van der Waals surface area (Å²) in [4.78, 5) is 1.18. The van der Waals surface area contributed by atoms with Crippen LogP contribution in [0.3, 0.4) is 0 Å². The lowest BCUT2D eigenvalue weighted by molar-refractivity contribution is 0.305. The summed E-state index contributed by atoms with van der Waals surface area (Å²) in [5, 5.41) is 2.05. The van der Waals surface area contributed by atoms with E-state index in [1.54, 1.807) is 11.3 Å². The third-order valence-electron chi connectivity index (χ3n) is 2.45. The maximum absolute atomic E-state index is 5.95. The summed E-state index contributed by atoms with van der Waals surface area (Å²) in [5.41, 5.74) is 6.96. The number of hydrogen-bond donors (Lipinski definition) is 1. The predicted molar refractivity (Wildman–Crippen MR) is 83.1 cm³/mol. The number of halogens is 2. The molecule has 2 aromatic rings. The van der Waals surface area contributed by atoms with Crippen LogP contribution >= 0.6 is 43.2 Å². The van der Waals surface area contributed by atoms with Crippen LogP contribution in [0.4, 0.5) is 0 Å². The van der Waals surface area contributed by atoms with Crippen LogP contribution < -0.4 is 10.5 Å². The van der Waals surface area contributed by atoms with Gasteiger partial charge in [0.05, 0.1) is 0 Å². The topological polar surface area (TPSA) is 35.2 Å². The molecule has 0 bridgehead atoms. The van der Waals surface area contributed by atoms with Crippen LogP contribution in [0, 0.1) is 0 Å². The molecule has 1 atom stereocenters. The second-order valence-corrected chi connectivity index (χ2v) is 6.82. The Balaban J connectivity index is 2.13. The van der Waals surface area contributed by atoms with Crippen LogP contribution in [0.15, 0.2) is 38.6 Å². The van der Waals surface area contributed by atoms with Crippen LogP contribution in [0.2, 0.25) is 0 Å². The normalized spacial score (nSPS) is 12.4. The third kappa shape index (κ3) is 3.57. The van der Waals surface area contributed by atoms with Crippen LogP contribution in [0.25, 0.3) is 0 Å². The molecule has 1 heterocycles. The highest BCUT2D eigenvalue weighted by Crippen LogP contribution is 2.29. The van der Waals surface area contributed by atoms with E-state index >= 15 is 0 Å². The molecule has 5 heteroatoms. The highest BCUT2D eigenvalue weighted by atomic mass is 79.9. The van der Waals surface area contributed by atoms with E-state index in [1.165, 1.54) is 4.88 Å². The number of hydrogen-bond acceptors (Lipinski definition) is 3. The molecule has 0 unspecified atom stereocenters. The van der Waals surface area contributed by atoms with Crippen molar-refractivity contribution in [3.05, 3.63) is 49.0 Å². The molecule has 18 heavy (non-hydrogen) atoms. The lowest BCUT2D eigenvalue weighted by Crippen LogP contribution is -2.08. The lowest BCUT2D eigenvalue weighted by Gasteiger charge is -2.14. The molecule has 0 spiro atoms. The molecule has 0 aliphatic rings. The van der Waals surface area contributed by atoms with Crippen LogP contribution in [0.1, 0.15) is 23.4 Å². The molecule has 1 aromatic heterocycles. The van der Waals surface area contributed by atoms with Gasteiger partial charge in [-0.25, -0.2) is 0 Å².